The van der Waals surface area contributed by atoms with Gasteiger partial charge in [-0.3, -0.25) is 23.7 Å². The lowest BCUT2D eigenvalue weighted by Crippen LogP contribution is -2.71. The maximum absolute atomic E-state index is 13.5. The van der Waals surface area contributed by atoms with Crippen LogP contribution in [0.5, 0.6) is 0 Å². The number of aromatic nitrogens is 3. The van der Waals surface area contributed by atoms with E-state index >= 15 is 0 Å². The van der Waals surface area contributed by atoms with E-state index in [1.807, 2.05) is 0 Å². The van der Waals surface area contributed by atoms with E-state index in [2.05, 4.69) is 24.2 Å². The molecule has 17 nitrogen and oxygen atoms in total. The van der Waals surface area contributed by atoms with E-state index in [-0.39, 0.29) is 38.8 Å². The molecule has 4 heterocycles. The summed E-state index contributed by atoms with van der Waals surface area (Å²) in [6.45, 7) is 8.14. The second-order valence-electron chi connectivity index (χ2n) is 11.0. The number of β-lactam (4-membered cyclic amide) rings is 1. The summed E-state index contributed by atoms with van der Waals surface area (Å²) in [6.07, 6.45) is 0.118. The molecule has 0 aromatic carbocycles. The number of thioether (sulfide) groups is 2. The van der Waals surface area contributed by atoms with Crippen LogP contribution in [0.1, 0.15) is 57.2 Å². The third kappa shape index (κ3) is 7.21. The molecule has 0 spiro atoms. The normalized spacial score (nSPS) is 19.5. The Bertz CT molecular complexity index is 1710. The number of aliphatic carboxylic acids is 1. The number of hydrogen-bond donors (Lipinski definition) is 5. The fourth-order valence-corrected chi connectivity index (χ4v) is 7.91. The SMILES string of the molecule is CCC(C)(ON=C(C(=O)NC1C(=O)N2C(C(=O)O)=C(CSc3s[nH]c(=O)c3C(=O)O)CS[C@@H]12)c1nsc(N)n1)C(=O)OC(C)(C)C. The van der Waals surface area contributed by atoms with Crippen molar-refractivity contribution >= 4 is 87.2 Å². The molecule has 0 aliphatic carbocycles. The Morgan fingerprint density at radius 3 is 2.46 bits per heavy atom. The van der Waals surface area contributed by atoms with Gasteiger partial charge in [0.25, 0.3) is 17.4 Å². The minimum atomic E-state index is -1.60. The number of aromatic amines is 1. The number of oxime groups is 1. The summed E-state index contributed by atoms with van der Waals surface area (Å²) in [5.41, 5.74) is 1.62. The molecule has 21 heteroatoms. The number of nitrogens with zero attached hydrogens (tertiary/aromatic N) is 4. The van der Waals surface area contributed by atoms with Gasteiger partial charge >= 0.3 is 17.9 Å². The first-order chi connectivity index (χ1) is 21.5. The highest BCUT2D eigenvalue weighted by Crippen LogP contribution is 2.42. The number of esters is 1. The molecule has 2 amide bonds. The lowest BCUT2D eigenvalue weighted by atomic mass is 10.0. The Morgan fingerprint density at radius 2 is 1.89 bits per heavy atom. The van der Waals surface area contributed by atoms with Gasteiger partial charge in [-0.2, -0.15) is 9.36 Å². The van der Waals surface area contributed by atoms with Crippen molar-refractivity contribution in [2.45, 2.75) is 67.9 Å². The lowest BCUT2D eigenvalue weighted by molar-refractivity contribution is -0.182. The number of hydrogen-bond acceptors (Lipinski definition) is 16. The van der Waals surface area contributed by atoms with Crippen LogP contribution in [-0.2, 0) is 28.8 Å². The number of aromatic carboxylic acids is 1. The zero-order valence-corrected chi connectivity index (χ0v) is 28.2. The topological polar surface area (TPSA) is 257 Å². The van der Waals surface area contributed by atoms with Crippen LogP contribution >= 0.6 is 46.6 Å². The molecule has 2 unspecified atom stereocenters. The zero-order chi connectivity index (χ0) is 34.1. The second kappa shape index (κ2) is 13.4. The number of H-pyrrole nitrogens is 1. The molecule has 0 bridgehead atoms. The van der Waals surface area contributed by atoms with Crippen LogP contribution in [0.4, 0.5) is 5.13 Å². The number of anilines is 1. The summed E-state index contributed by atoms with van der Waals surface area (Å²) in [4.78, 5) is 85.6. The van der Waals surface area contributed by atoms with Crippen LogP contribution in [0.3, 0.4) is 0 Å². The molecule has 2 aromatic heterocycles. The first-order valence-electron chi connectivity index (χ1n) is 13.3. The number of nitrogens with one attached hydrogen (secondary N) is 2. The number of fused-ring (bicyclic) bond motifs is 1. The predicted molar refractivity (Wildman–Crippen MR) is 169 cm³/mol. The van der Waals surface area contributed by atoms with Gasteiger partial charge in [-0.25, -0.2) is 14.4 Å². The molecular formula is C25H29N7O10S4. The number of carbonyl (C=O) groups is 5. The second-order valence-corrected chi connectivity index (χ2v) is 14.9. The van der Waals surface area contributed by atoms with Gasteiger partial charge < -0.3 is 30.8 Å². The molecular weight excluding hydrogens is 687 g/mol. The molecule has 1 saturated heterocycles. The molecule has 2 aliphatic heterocycles. The zero-order valence-electron chi connectivity index (χ0n) is 24.9. The van der Waals surface area contributed by atoms with Crippen molar-refractivity contribution in [1.29, 1.82) is 0 Å². The van der Waals surface area contributed by atoms with E-state index in [1.165, 1.54) is 18.7 Å². The molecule has 248 valence electrons. The first-order valence-corrected chi connectivity index (χ1v) is 17.0. The standard InChI is InChI=1S/C25H29N7O10S4/c1-6-25(5,22(40)41-24(2,3)4)42-29-11(14-28-23(26)46-30-14)16(34)27-12-17(35)32-13(20(38)39)9(7-43-18(12)32)8-44-21-10(19(36)37)15(33)31-45-21/h12,18H,6-8H2,1-5H3,(H,27,34)(H,31,33)(H,36,37)(H,38,39)(H2,26,28,30)/t12?,18-,25?/m0/s1. The van der Waals surface area contributed by atoms with Crippen LogP contribution in [0.15, 0.2) is 25.4 Å². The Morgan fingerprint density at radius 1 is 1.20 bits per heavy atom. The molecule has 3 atom stereocenters. The fraction of sp³-hybridized carbons (Fsp3) is 0.480. The van der Waals surface area contributed by atoms with Crippen LogP contribution in [0.2, 0.25) is 0 Å². The minimum absolute atomic E-state index is 0.00482. The van der Waals surface area contributed by atoms with Crippen molar-refractivity contribution in [2.24, 2.45) is 5.16 Å². The fourth-order valence-electron chi connectivity index (χ4n) is 4.02. The van der Waals surface area contributed by atoms with E-state index < -0.39 is 69.2 Å². The third-order valence-corrected chi connectivity index (χ3v) is 10.6. The summed E-state index contributed by atoms with van der Waals surface area (Å²) >= 11 is 3.73. The number of ether oxygens (including phenoxy) is 1. The Labute approximate surface area is 277 Å². The van der Waals surface area contributed by atoms with Crippen molar-refractivity contribution in [3.63, 3.8) is 0 Å². The highest BCUT2D eigenvalue weighted by Gasteiger charge is 2.54. The summed E-state index contributed by atoms with van der Waals surface area (Å²) in [5, 5.41) is 24.9. The average Bonchev–Trinajstić information content (AvgIpc) is 3.57. The maximum atomic E-state index is 13.5. The highest BCUT2D eigenvalue weighted by atomic mass is 32.2. The Balaban J connectivity index is 1.54. The Hall–Kier alpha value is -3.95. The van der Waals surface area contributed by atoms with Crippen LogP contribution < -0.4 is 16.6 Å². The van der Waals surface area contributed by atoms with Gasteiger partial charge in [0.05, 0.1) is 4.21 Å². The average molecular weight is 716 g/mol. The molecule has 2 aromatic rings. The molecule has 6 N–H and O–H groups in total. The number of nitrogen functional groups attached to an aromatic ring is 1. The summed E-state index contributed by atoms with van der Waals surface area (Å²) in [7, 11) is 0. The summed E-state index contributed by atoms with van der Waals surface area (Å²) in [5.74, 6) is -5.29. The smallest absolute Gasteiger partial charge is 0.353 e. The number of rotatable bonds is 12. The predicted octanol–water partition coefficient (Wildman–Crippen LogP) is 1.33. The van der Waals surface area contributed by atoms with Crippen molar-refractivity contribution < 1.29 is 43.8 Å². The van der Waals surface area contributed by atoms with Crippen LogP contribution in [0.25, 0.3) is 0 Å². The molecule has 0 saturated carbocycles. The van der Waals surface area contributed by atoms with Gasteiger partial charge in [-0.15, -0.1) is 23.5 Å². The van der Waals surface area contributed by atoms with Gasteiger partial charge in [0.1, 0.15) is 22.7 Å². The number of carboxylic acid groups (broad SMARTS) is 2. The van der Waals surface area contributed by atoms with E-state index in [0.717, 1.165) is 39.7 Å². The highest BCUT2D eigenvalue weighted by molar-refractivity contribution is 8.02. The van der Waals surface area contributed by atoms with Gasteiger partial charge in [0.15, 0.2) is 10.7 Å². The van der Waals surface area contributed by atoms with Crippen molar-refractivity contribution in [1.82, 2.24) is 23.9 Å². The quantitative estimate of drug-likeness (QED) is 0.0683. The molecule has 0 radical (unpaired) electrons. The van der Waals surface area contributed by atoms with E-state index in [9.17, 15) is 39.0 Å². The van der Waals surface area contributed by atoms with E-state index in [4.69, 9.17) is 15.3 Å². The van der Waals surface area contributed by atoms with Crippen LogP contribution in [0, 0.1) is 0 Å². The molecule has 4 rings (SSSR count). The third-order valence-electron chi connectivity index (χ3n) is 6.51. The van der Waals surface area contributed by atoms with Crippen molar-refractivity contribution in [3.8, 4) is 0 Å². The van der Waals surface area contributed by atoms with Gasteiger partial charge in [-0.05, 0) is 39.7 Å². The lowest BCUT2D eigenvalue weighted by Gasteiger charge is -2.49. The van der Waals surface area contributed by atoms with Gasteiger partial charge in [0.2, 0.25) is 17.1 Å². The van der Waals surface area contributed by atoms with Crippen molar-refractivity contribution in [2.75, 3.05) is 17.2 Å². The maximum Gasteiger partial charge on any atom is 0.353 e. The number of carbonyl (C=O) groups excluding carboxylic acids is 3. The number of carboxylic acids is 2. The number of amides is 2. The monoisotopic (exact) mass is 715 g/mol. The van der Waals surface area contributed by atoms with Crippen molar-refractivity contribution in [3.05, 3.63) is 33.0 Å². The largest absolute Gasteiger partial charge is 0.477 e. The van der Waals surface area contributed by atoms with E-state index in [1.54, 1.807) is 27.7 Å². The number of nitrogens with two attached hydrogens (primary N) is 1. The molecule has 46 heavy (non-hydrogen) atoms. The Kier molecular flexibility index (Phi) is 10.2. The van der Waals surface area contributed by atoms with Crippen LogP contribution in [-0.4, -0.2) is 98.4 Å². The molecule has 1 fully saturated rings. The minimum Gasteiger partial charge on any atom is -0.477 e. The summed E-state index contributed by atoms with van der Waals surface area (Å²) < 4.78 is 11.9. The van der Waals surface area contributed by atoms with Gasteiger partial charge in [-0.1, -0.05) is 23.6 Å². The summed E-state index contributed by atoms with van der Waals surface area (Å²) in [6, 6.07) is -1.17. The van der Waals surface area contributed by atoms with E-state index in [0.29, 0.717) is 5.57 Å². The first kappa shape index (κ1) is 34.9. The van der Waals surface area contributed by atoms with Gasteiger partial charge in [0, 0.05) is 23.0 Å². The molecule has 2 aliphatic rings.